The van der Waals surface area contributed by atoms with Crippen molar-refractivity contribution in [1.82, 2.24) is 5.32 Å². The smallest absolute Gasteiger partial charge is 0.387 e. The van der Waals surface area contributed by atoms with E-state index in [1.807, 2.05) is 27.2 Å². The summed E-state index contributed by atoms with van der Waals surface area (Å²) < 4.78 is 23.4. The highest BCUT2D eigenvalue weighted by Crippen LogP contribution is 2.43. The second-order valence-electron chi connectivity index (χ2n) is 14.3. The number of carbonyl (C=O) groups is 1. The Bertz CT molecular complexity index is 1060. The molecule has 0 aromatic heterocycles. The largest absolute Gasteiger partial charge is 0.472 e. The van der Waals surface area contributed by atoms with Crippen molar-refractivity contribution in [3.63, 3.8) is 0 Å². The minimum Gasteiger partial charge on any atom is -0.387 e. The summed E-state index contributed by atoms with van der Waals surface area (Å²) in [5, 5.41) is 13.7. The van der Waals surface area contributed by atoms with Crippen molar-refractivity contribution in [2.75, 3.05) is 40.9 Å². The molecule has 0 aliphatic heterocycles. The Morgan fingerprint density at radius 3 is 1.73 bits per heavy atom. The third-order valence-corrected chi connectivity index (χ3v) is 9.17. The van der Waals surface area contributed by atoms with Crippen LogP contribution in [0.1, 0.15) is 136 Å². The Balaban J connectivity index is 4.54. The summed E-state index contributed by atoms with van der Waals surface area (Å²) >= 11 is 0. The number of amides is 1. The van der Waals surface area contributed by atoms with Crippen molar-refractivity contribution in [2.24, 2.45) is 0 Å². The van der Waals surface area contributed by atoms with Crippen LogP contribution in [-0.4, -0.2) is 73.4 Å². The Labute approximate surface area is 313 Å². The molecule has 0 rings (SSSR count). The van der Waals surface area contributed by atoms with Crippen molar-refractivity contribution < 1.29 is 32.9 Å². The van der Waals surface area contributed by atoms with Crippen LogP contribution >= 0.6 is 7.82 Å². The summed E-state index contributed by atoms with van der Waals surface area (Å²) in [4.78, 5) is 23.0. The van der Waals surface area contributed by atoms with Crippen LogP contribution in [0.25, 0.3) is 0 Å². The highest BCUT2D eigenvalue weighted by atomic mass is 31.2. The van der Waals surface area contributed by atoms with Crippen LogP contribution in [0.3, 0.4) is 0 Å². The molecule has 0 aliphatic rings. The lowest BCUT2D eigenvalue weighted by Crippen LogP contribution is -2.45. The van der Waals surface area contributed by atoms with Gasteiger partial charge in [-0.3, -0.25) is 13.8 Å². The molecule has 1 amide bonds. The van der Waals surface area contributed by atoms with E-state index in [9.17, 15) is 19.4 Å². The average molecular weight is 736 g/mol. The van der Waals surface area contributed by atoms with Crippen LogP contribution in [0.2, 0.25) is 0 Å². The summed E-state index contributed by atoms with van der Waals surface area (Å²) in [5.74, 6) is -0.215. The standard InChI is InChI=1S/C42H75N2O6P/c1-6-8-10-12-14-16-18-19-20-21-22-23-24-25-26-28-30-32-34-36-42(46)43-40(39-50-51(47,48)49-38-37-44(3,4)5)41(45)35-33-31-29-27-17-15-13-11-9-7-2/h8,10,14,16,19-20,22-23,25-26,33,35,40-41,45H,6-7,9,11-13,15,17-18,21,24,27-32,34,36-39H2,1-5H3,(H-,43,46,47,48)/p+1/b10-8-,16-14-,20-19-,23-22-,26-25-,35-33+. The van der Waals surface area contributed by atoms with Gasteiger partial charge in [-0.2, -0.15) is 0 Å². The number of carbonyl (C=O) groups excluding carboxylic acids is 1. The minimum atomic E-state index is -4.34. The second-order valence-corrected chi connectivity index (χ2v) is 15.7. The number of aliphatic hydroxyl groups excluding tert-OH is 1. The maximum absolute atomic E-state index is 12.8. The SMILES string of the molecule is CC/C=C\C/C=C\C/C=C\C/C=C\C/C=C\CCCCCC(=O)NC(COP(=O)(O)OCC[N+](C)(C)C)C(O)/C=C/CCCCCCCCCC. The van der Waals surface area contributed by atoms with E-state index in [1.165, 1.54) is 38.5 Å². The van der Waals surface area contributed by atoms with E-state index in [0.29, 0.717) is 17.4 Å². The van der Waals surface area contributed by atoms with Crippen LogP contribution in [0.5, 0.6) is 0 Å². The lowest BCUT2D eigenvalue weighted by molar-refractivity contribution is -0.870. The Kier molecular flexibility index (Phi) is 32.4. The molecule has 51 heavy (non-hydrogen) atoms. The molecule has 3 unspecified atom stereocenters. The van der Waals surface area contributed by atoms with Crippen LogP contribution in [0, 0.1) is 0 Å². The second kappa shape index (κ2) is 33.8. The van der Waals surface area contributed by atoms with Crippen LogP contribution in [0.15, 0.2) is 72.9 Å². The molecule has 3 N–H and O–H groups in total. The van der Waals surface area contributed by atoms with Crippen LogP contribution in [0.4, 0.5) is 0 Å². The molecule has 8 nitrogen and oxygen atoms in total. The van der Waals surface area contributed by atoms with E-state index < -0.39 is 20.0 Å². The first kappa shape index (κ1) is 48.9. The summed E-state index contributed by atoms with van der Waals surface area (Å²) in [6, 6.07) is -0.865. The third kappa shape index (κ3) is 36.1. The molecule has 9 heteroatoms. The zero-order valence-corrected chi connectivity index (χ0v) is 34.0. The zero-order valence-electron chi connectivity index (χ0n) is 33.1. The summed E-state index contributed by atoms with van der Waals surface area (Å²) in [6.07, 6.45) is 44.0. The van der Waals surface area contributed by atoms with E-state index in [0.717, 1.165) is 77.0 Å². The van der Waals surface area contributed by atoms with Crippen molar-refractivity contribution in [3.8, 4) is 0 Å². The number of phosphoric ester groups is 1. The number of phosphoric acid groups is 1. The van der Waals surface area contributed by atoms with Crippen LogP contribution in [-0.2, 0) is 18.4 Å². The quantitative estimate of drug-likeness (QED) is 0.0263. The fourth-order valence-corrected chi connectivity index (χ4v) is 5.74. The lowest BCUT2D eigenvalue weighted by Gasteiger charge is -2.25. The molecule has 0 bridgehead atoms. The monoisotopic (exact) mass is 736 g/mol. The predicted molar refractivity (Wildman–Crippen MR) is 216 cm³/mol. The fourth-order valence-electron chi connectivity index (χ4n) is 5.01. The Morgan fingerprint density at radius 2 is 1.18 bits per heavy atom. The molecular formula is C42H76N2O6P+. The summed E-state index contributed by atoms with van der Waals surface area (Å²) in [7, 11) is 1.53. The van der Waals surface area contributed by atoms with Crippen molar-refractivity contribution in [1.29, 1.82) is 0 Å². The number of likely N-dealkylation sites (N-methyl/N-ethyl adjacent to an activating group) is 1. The molecule has 3 atom stereocenters. The minimum absolute atomic E-state index is 0.0506. The highest BCUT2D eigenvalue weighted by molar-refractivity contribution is 7.47. The third-order valence-electron chi connectivity index (χ3n) is 8.18. The molecular weight excluding hydrogens is 659 g/mol. The van der Waals surface area contributed by atoms with Gasteiger partial charge in [-0.05, 0) is 64.2 Å². The number of aliphatic hydroxyl groups is 1. The number of nitrogens with zero attached hydrogens (tertiary/aromatic N) is 1. The average Bonchev–Trinajstić information content (AvgIpc) is 3.07. The van der Waals surface area contributed by atoms with Crippen molar-refractivity contribution in [2.45, 2.75) is 148 Å². The van der Waals surface area contributed by atoms with Gasteiger partial charge in [-0.25, -0.2) is 4.57 Å². The molecule has 0 spiro atoms. The molecule has 0 heterocycles. The summed E-state index contributed by atoms with van der Waals surface area (Å²) in [5.41, 5.74) is 0. The van der Waals surface area contributed by atoms with Gasteiger partial charge in [-0.1, -0.05) is 138 Å². The van der Waals surface area contributed by atoms with Gasteiger partial charge in [0.1, 0.15) is 13.2 Å². The number of hydrogen-bond donors (Lipinski definition) is 3. The molecule has 294 valence electrons. The first-order valence-electron chi connectivity index (χ1n) is 19.8. The predicted octanol–water partition coefficient (Wildman–Crippen LogP) is 10.5. The summed E-state index contributed by atoms with van der Waals surface area (Å²) in [6.45, 7) is 4.61. The Morgan fingerprint density at radius 1 is 0.686 bits per heavy atom. The van der Waals surface area contributed by atoms with Gasteiger partial charge in [0.15, 0.2) is 0 Å². The van der Waals surface area contributed by atoms with E-state index in [4.69, 9.17) is 9.05 Å². The molecule has 0 aliphatic carbocycles. The maximum Gasteiger partial charge on any atom is 0.472 e. The molecule has 0 radical (unpaired) electrons. The van der Waals surface area contributed by atoms with Gasteiger partial charge < -0.3 is 19.8 Å². The maximum atomic E-state index is 12.8. The Hall–Kier alpha value is -2.06. The number of nitrogens with one attached hydrogen (secondary N) is 1. The highest BCUT2D eigenvalue weighted by Gasteiger charge is 2.27. The molecule has 0 fully saturated rings. The molecule has 0 aromatic carbocycles. The number of unbranched alkanes of at least 4 members (excludes halogenated alkanes) is 11. The number of quaternary nitrogens is 1. The van der Waals surface area contributed by atoms with Gasteiger partial charge in [0.2, 0.25) is 5.91 Å². The fraction of sp³-hybridized carbons (Fsp3) is 0.690. The van der Waals surface area contributed by atoms with Gasteiger partial charge in [-0.15, -0.1) is 0 Å². The van der Waals surface area contributed by atoms with Crippen molar-refractivity contribution in [3.05, 3.63) is 72.9 Å². The normalized spacial score (nSPS) is 15.4. The van der Waals surface area contributed by atoms with E-state index in [-0.39, 0.29) is 19.1 Å². The molecule has 0 saturated heterocycles. The number of allylic oxidation sites excluding steroid dienone is 11. The van der Waals surface area contributed by atoms with E-state index in [1.54, 1.807) is 6.08 Å². The van der Waals surface area contributed by atoms with Crippen LogP contribution < -0.4 is 5.32 Å². The topological polar surface area (TPSA) is 105 Å². The van der Waals surface area contributed by atoms with Gasteiger partial charge in [0.25, 0.3) is 0 Å². The number of rotatable bonds is 34. The van der Waals surface area contributed by atoms with Crippen molar-refractivity contribution >= 4 is 13.7 Å². The van der Waals surface area contributed by atoms with Gasteiger partial charge in [0, 0.05) is 6.42 Å². The zero-order chi connectivity index (χ0) is 37.9. The molecule has 0 saturated carbocycles. The molecule has 0 aromatic rings. The lowest BCUT2D eigenvalue weighted by atomic mass is 10.1. The first-order valence-corrected chi connectivity index (χ1v) is 21.3. The van der Waals surface area contributed by atoms with E-state index >= 15 is 0 Å². The first-order chi connectivity index (χ1) is 24.5. The van der Waals surface area contributed by atoms with E-state index in [2.05, 4.69) is 79.9 Å². The van der Waals surface area contributed by atoms with Gasteiger partial charge >= 0.3 is 7.82 Å². The number of hydrogen-bond acceptors (Lipinski definition) is 5. The van der Waals surface area contributed by atoms with Gasteiger partial charge in [0.05, 0.1) is 39.9 Å².